The molecule has 1 aromatic heterocycles. The third-order valence-electron chi connectivity index (χ3n) is 2.95. The molecule has 0 fully saturated rings. The maximum Gasteiger partial charge on any atom is 0.442 e. The highest BCUT2D eigenvalue weighted by molar-refractivity contribution is 9.10. The number of hydrogen-bond acceptors (Lipinski definition) is 7. The van der Waals surface area contributed by atoms with Gasteiger partial charge in [0.25, 0.3) is 0 Å². The first-order valence-electron chi connectivity index (χ1n) is 7.18. The molecule has 0 aliphatic rings. The van der Waals surface area contributed by atoms with Crippen molar-refractivity contribution in [3.8, 4) is 5.88 Å². The topological polar surface area (TPSA) is 103 Å². The quantitative estimate of drug-likeness (QED) is 0.775. The second kappa shape index (κ2) is 8.26. The second-order valence-corrected chi connectivity index (χ2v) is 7.91. The molecule has 1 unspecified atom stereocenters. The van der Waals surface area contributed by atoms with Gasteiger partial charge in [-0.2, -0.15) is 4.98 Å². The van der Waals surface area contributed by atoms with Gasteiger partial charge in [0.1, 0.15) is 0 Å². The number of halogens is 1. The molecular formula is C15H17BrN4O4S. The smallest absolute Gasteiger partial charge is 0.442 e. The number of benzene rings is 1. The van der Waals surface area contributed by atoms with Crippen molar-refractivity contribution >= 4 is 43.4 Å². The number of methoxy groups -OCH3 is 1. The molecule has 0 radical (unpaired) electrons. The monoisotopic (exact) mass is 428 g/mol. The largest absolute Gasteiger partial charge is 0.480 e. The van der Waals surface area contributed by atoms with Gasteiger partial charge in [-0.3, -0.25) is 0 Å². The number of nitrogens with zero attached hydrogens (tertiary/aromatic N) is 3. The Bertz CT molecular complexity index is 897. The minimum Gasteiger partial charge on any atom is -0.480 e. The van der Waals surface area contributed by atoms with Gasteiger partial charge >= 0.3 is 6.09 Å². The number of anilines is 2. The average Bonchev–Trinajstić information content (AvgIpc) is 2.56. The summed E-state index contributed by atoms with van der Waals surface area (Å²) in [6.45, 7) is 1.82. The molecule has 10 heteroatoms. The molecule has 0 aliphatic heterocycles. The Balaban J connectivity index is 2.30. The Hall–Kier alpha value is -2.20. The number of amides is 1. The van der Waals surface area contributed by atoms with Crippen LogP contribution in [0.3, 0.4) is 0 Å². The van der Waals surface area contributed by atoms with Crippen LogP contribution in [-0.2, 0) is 14.5 Å². The molecule has 0 spiro atoms. The first kappa shape index (κ1) is 19.1. The highest BCUT2D eigenvalue weighted by Gasteiger charge is 2.12. The molecule has 1 aromatic carbocycles. The summed E-state index contributed by atoms with van der Waals surface area (Å²) in [5.74, 6) is 0.687. The average molecular weight is 429 g/mol. The van der Waals surface area contributed by atoms with E-state index in [0.29, 0.717) is 26.9 Å². The lowest BCUT2D eigenvalue weighted by Gasteiger charge is -2.09. The van der Waals surface area contributed by atoms with Crippen molar-refractivity contribution in [2.75, 3.05) is 25.3 Å². The van der Waals surface area contributed by atoms with Crippen LogP contribution in [-0.4, -0.2) is 40.2 Å². The summed E-state index contributed by atoms with van der Waals surface area (Å²) in [4.78, 5) is 20.2. The van der Waals surface area contributed by atoms with E-state index in [9.17, 15) is 9.00 Å². The van der Waals surface area contributed by atoms with Crippen molar-refractivity contribution in [3.63, 3.8) is 0 Å². The van der Waals surface area contributed by atoms with Crippen LogP contribution >= 0.6 is 15.9 Å². The summed E-state index contributed by atoms with van der Waals surface area (Å²) in [7, 11) is -1.43. The van der Waals surface area contributed by atoms with Crippen LogP contribution < -0.4 is 10.1 Å². The molecule has 0 bridgehead atoms. The number of carbonyl (C=O) groups excluding carboxylic acids is 1. The van der Waals surface area contributed by atoms with E-state index in [2.05, 4.69) is 35.6 Å². The Morgan fingerprint density at radius 2 is 2.20 bits per heavy atom. The van der Waals surface area contributed by atoms with Crippen molar-refractivity contribution in [2.45, 2.75) is 11.8 Å². The summed E-state index contributed by atoms with van der Waals surface area (Å²) in [5.41, 5.74) is 0.593. The fourth-order valence-electron chi connectivity index (χ4n) is 1.84. The summed E-state index contributed by atoms with van der Waals surface area (Å²) >= 11 is 3.28. The first-order chi connectivity index (χ1) is 11.9. The lowest BCUT2D eigenvalue weighted by molar-refractivity contribution is 0.164. The minimum absolute atomic E-state index is 0.169. The molecule has 1 amide bonds. The molecule has 1 N–H and O–H groups in total. The van der Waals surface area contributed by atoms with Gasteiger partial charge in [-0.1, -0.05) is 6.07 Å². The summed E-state index contributed by atoms with van der Waals surface area (Å²) in [6.07, 6.45) is 2.08. The Labute approximate surface area is 154 Å². The van der Waals surface area contributed by atoms with Crippen LogP contribution in [0.5, 0.6) is 5.88 Å². The minimum atomic E-state index is -2.93. The van der Waals surface area contributed by atoms with Gasteiger partial charge in [-0.05, 0) is 41.1 Å². The summed E-state index contributed by atoms with van der Waals surface area (Å²) in [5, 5.41) is 2.99. The summed E-state index contributed by atoms with van der Waals surface area (Å²) in [6, 6.07) is 6.68. The van der Waals surface area contributed by atoms with E-state index in [4.69, 9.17) is 9.47 Å². The van der Waals surface area contributed by atoms with Crippen molar-refractivity contribution in [3.05, 3.63) is 34.9 Å². The van der Waals surface area contributed by atoms with Crippen molar-refractivity contribution < 1.29 is 18.5 Å². The Morgan fingerprint density at radius 3 is 2.88 bits per heavy atom. The normalized spacial score (nSPS) is 12.8. The molecular weight excluding hydrogens is 412 g/mol. The van der Waals surface area contributed by atoms with Crippen LogP contribution in [0.25, 0.3) is 0 Å². The van der Waals surface area contributed by atoms with Gasteiger partial charge in [0.05, 0.1) is 34.1 Å². The molecule has 0 saturated heterocycles. The van der Waals surface area contributed by atoms with E-state index in [0.717, 1.165) is 0 Å². The summed E-state index contributed by atoms with van der Waals surface area (Å²) < 4.78 is 26.8. The predicted octanol–water partition coefficient (Wildman–Crippen LogP) is 3.60. The van der Waals surface area contributed by atoms with E-state index in [1.165, 1.54) is 13.4 Å². The molecule has 2 rings (SSSR count). The lowest BCUT2D eigenvalue weighted by Crippen LogP contribution is -2.06. The van der Waals surface area contributed by atoms with Gasteiger partial charge < -0.3 is 14.8 Å². The van der Waals surface area contributed by atoms with Crippen LogP contribution in [0, 0.1) is 0 Å². The van der Waals surface area contributed by atoms with Crippen LogP contribution in [0.4, 0.5) is 16.4 Å². The number of hydrogen-bond donors (Lipinski definition) is 1. The van der Waals surface area contributed by atoms with E-state index >= 15 is 0 Å². The van der Waals surface area contributed by atoms with E-state index in [-0.39, 0.29) is 6.61 Å². The molecule has 8 nitrogen and oxygen atoms in total. The zero-order valence-corrected chi connectivity index (χ0v) is 16.3. The maximum atomic E-state index is 12.7. The van der Waals surface area contributed by atoms with Gasteiger partial charge in [0.2, 0.25) is 11.8 Å². The number of aromatic nitrogens is 2. The van der Waals surface area contributed by atoms with E-state index in [1.807, 2.05) is 0 Å². The van der Waals surface area contributed by atoms with Crippen molar-refractivity contribution in [1.82, 2.24) is 9.97 Å². The highest BCUT2D eigenvalue weighted by atomic mass is 79.9. The number of rotatable bonds is 5. The zero-order chi connectivity index (χ0) is 18.4. The van der Waals surface area contributed by atoms with E-state index in [1.54, 1.807) is 37.4 Å². The third kappa shape index (κ3) is 5.13. The Morgan fingerprint density at radius 1 is 1.44 bits per heavy atom. The molecule has 134 valence electrons. The predicted molar refractivity (Wildman–Crippen MR) is 97.8 cm³/mol. The van der Waals surface area contributed by atoms with Gasteiger partial charge in [-0.25, -0.2) is 14.0 Å². The maximum absolute atomic E-state index is 12.7. The number of carbonyl (C=O) groups is 1. The molecule has 0 saturated carbocycles. The molecule has 1 atom stereocenters. The number of nitrogens with one attached hydrogen (secondary N) is 1. The highest BCUT2D eigenvalue weighted by Crippen LogP contribution is 2.24. The first-order valence-corrected chi connectivity index (χ1v) is 9.90. The van der Waals surface area contributed by atoms with Gasteiger partial charge in [-0.15, -0.1) is 4.36 Å². The van der Waals surface area contributed by atoms with Gasteiger partial charge in [0, 0.05) is 16.8 Å². The SMILES string of the molecule is CCOC(=O)N=S(C)(=O)c1cccc(Nc2ncc(Br)c(OC)n2)c1. The second-order valence-electron chi connectivity index (χ2n) is 4.80. The van der Waals surface area contributed by atoms with Crippen LogP contribution in [0.1, 0.15) is 6.92 Å². The number of ether oxygens (including phenoxy) is 2. The van der Waals surface area contributed by atoms with E-state index < -0.39 is 15.8 Å². The Kier molecular flexibility index (Phi) is 6.32. The fraction of sp³-hybridized carbons (Fsp3) is 0.267. The van der Waals surface area contributed by atoms with Crippen molar-refractivity contribution in [1.29, 1.82) is 0 Å². The molecule has 2 aromatic rings. The standard InChI is InChI=1S/C15H17BrN4O4S/c1-4-24-15(21)20-25(3,22)11-7-5-6-10(8-11)18-14-17-9-12(16)13(19-14)23-2/h5-9H,4H2,1-3H3,(H,17,18,19). The van der Waals surface area contributed by atoms with Crippen LogP contribution in [0.15, 0.2) is 44.2 Å². The fourth-order valence-corrected chi connectivity index (χ4v) is 3.31. The zero-order valence-electron chi connectivity index (χ0n) is 13.9. The molecule has 0 aliphatic carbocycles. The van der Waals surface area contributed by atoms with Gasteiger partial charge in [0.15, 0.2) is 0 Å². The molecule has 25 heavy (non-hydrogen) atoms. The third-order valence-corrected chi connectivity index (χ3v) is 5.12. The molecule has 1 heterocycles. The lowest BCUT2D eigenvalue weighted by atomic mass is 10.3. The van der Waals surface area contributed by atoms with Crippen LogP contribution in [0.2, 0.25) is 0 Å². The van der Waals surface area contributed by atoms with Crippen molar-refractivity contribution in [2.24, 2.45) is 4.36 Å².